The minimum atomic E-state index is 0.157. The van der Waals surface area contributed by atoms with Gasteiger partial charge in [-0.05, 0) is 53.6 Å². The maximum Gasteiger partial charge on any atom is 0.220 e. The third-order valence-corrected chi connectivity index (χ3v) is 5.36. The molecule has 7 heteroatoms. The number of piperidine rings is 1. The van der Waals surface area contributed by atoms with Gasteiger partial charge < -0.3 is 15.0 Å². The molecule has 1 amide bonds. The predicted octanol–water partition coefficient (Wildman–Crippen LogP) is 2.62. The number of amides is 1. The zero-order valence-electron chi connectivity index (χ0n) is 14.2. The van der Waals surface area contributed by atoms with E-state index in [2.05, 4.69) is 37.2 Å². The van der Waals surface area contributed by atoms with Crippen LogP contribution in [0.25, 0.3) is 0 Å². The van der Waals surface area contributed by atoms with E-state index in [4.69, 9.17) is 4.74 Å². The van der Waals surface area contributed by atoms with Gasteiger partial charge in [0.1, 0.15) is 11.9 Å². The highest BCUT2D eigenvalue weighted by molar-refractivity contribution is 9.10. The molecule has 0 spiro atoms. The highest BCUT2D eigenvalue weighted by Crippen LogP contribution is 2.27. The Labute approximate surface area is 156 Å². The van der Waals surface area contributed by atoms with Gasteiger partial charge in [-0.2, -0.15) is 5.26 Å². The van der Waals surface area contributed by atoms with Crippen LogP contribution in [0, 0.1) is 17.2 Å². The minimum Gasteiger partial charge on any atom is -0.381 e. The average molecular weight is 407 g/mol. The summed E-state index contributed by atoms with van der Waals surface area (Å²) in [5, 5.41) is 12.4. The fraction of sp³-hybridized carbons (Fsp3) is 0.611. The number of rotatable bonds is 4. The van der Waals surface area contributed by atoms with Crippen molar-refractivity contribution in [2.75, 3.05) is 31.2 Å². The van der Waals surface area contributed by atoms with E-state index >= 15 is 0 Å². The quantitative estimate of drug-likeness (QED) is 0.830. The van der Waals surface area contributed by atoms with Crippen molar-refractivity contribution >= 4 is 27.7 Å². The van der Waals surface area contributed by atoms with Crippen LogP contribution in [0.4, 0.5) is 5.82 Å². The van der Waals surface area contributed by atoms with Gasteiger partial charge >= 0.3 is 0 Å². The molecule has 1 N–H and O–H groups in total. The van der Waals surface area contributed by atoms with Crippen molar-refractivity contribution in [3.8, 4) is 6.07 Å². The molecule has 0 atom stereocenters. The van der Waals surface area contributed by atoms with Gasteiger partial charge in [0.2, 0.25) is 5.91 Å². The highest BCUT2D eigenvalue weighted by atomic mass is 79.9. The predicted molar refractivity (Wildman–Crippen MR) is 98.2 cm³/mol. The van der Waals surface area contributed by atoms with Crippen molar-refractivity contribution in [3.05, 3.63) is 22.3 Å². The normalized spacial score (nSPS) is 19.4. The van der Waals surface area contributed by atoms with Crippen molar-refractivity contribution in [3.63, 3.8) is 0 Å². The lowest BCUT2D eigenvalue weighted by atomic mass is 9.92. The number of hydrogen-bond acceptors (Lipinski definition) is 5. The van der Waals surface area contributed by atoms with E-state index in [0.29, 0.717) is 17.9 Å². The molecule has 2 aliphatic rings. The number of nitrogens with one attached hydrogen (secondary N) is 1. The largest absolute Gasteiger partial charge is 0.381 e. The molecule has 0 aromatic carbocycles. The standard InChI is InChI=1S/C18H23BrN4O2/c19-15-10-14(11-20)18(21-12-15)23-5-1-13(2-6-23)9-17(24)22-16-3-7-25-8-4-16/h10,12-13,16H,1-9H2,(H,22,24). The van der Waals surface area contributed by atoms with Gasteiger partial charge in [-0.25, -0.2) is 4.98 Å². The monoisotopic (exact) mass is 406 g/mol. The van der Waals surface area contributed by atoms with Crippen LogP contribution >= 0.6 is 15.9 Å². The molecule has 2 aliphatic heterocycles. The number of nitriles is 1. The lowest BCUT2D eigenvalue weighted by molar-refractivity contribution is -0.123. The Kier molecular flexibility index (Phi) is 6.27. The minimum absolute atomic E-state index is 0.157. The molecule has 0 bridgehead atoms. The Morgan fingerprint density at radius 2 is 2.08 bits per heavy atom. The summed E-state index contributed by atoms with van der Waals surface area (Å²) in [6.07, 6.45) is 6.04. The second kappa shape index (κ2) is 8.63. The SMILES string of the molecule is N#Cc1cc(Br)cnc1N1CCC(CC(=O)NC2CCOCC2)CC1. The van der Waals surface area contributed by atoms with Crippen LogP contribution in [0.1, 0.15) is 37.7 Å². The van der Waals surface area contributed by atoms with E-state index < -0.39 is 0 Å². The third-order valence-electron chi connectivity index (χ3n) is 4.93. The van der Waals surface area contributed by atoms with E-state index in [1.165, 1.54) is 0 Å². The smallest absolute Gasteiger partial charge is 0.220 e. The molecule has 134 valence electrons. The number of ether oxygens (including phenoxy) is 1. The second-order valence-corrected chi connectivity index (χ2v) is 7.64. The third kappa shape index (κ3) is 4.93. The first-order chi connectivity index (χ1) is 12.2. The molecule has 1 aromatic heterocycles. The topological polar surface area (TPSA) is 78.2 Å². The van der Waals surface area contributed by atoms with E-state index in [1.54, 1.807) is 12.3 Å². The first-order valence-electron chi connectivity index (χ1n) is 8.83. The van der Waals surface area contributed by atoms with Crippen molar-refractivity contribution < 1.29 is 9.53 Å². The number of hydrogen-bond donors (Lipinski definition) is 1. The number of pyridine rings is 1. The van der Waals surface area contributed by atoms with Crippen LogP contribution in [-0.4, -0.2) is 43.2 Å². The second-order valence-electron chi connectivity index (χ2n) is 6.73. The molecule has 0 saturated carbocycles. The van der Waals surface area contributed by atoms with E-state index in [-0.39, 0.29) is 11.9 Å². The van der Waals surface area contributed by atoms with Gasteiger partial charge in [0.15, 0.2) is 0 Å². The Bertz CT molecular complexity index is 647. The lowest BCUT2D eigenvalue weighted by Gasteiger charge is -2.33. The van der Waals surface area contributed by atoms with Gasteiger partial charge in [0.25, 0.3) is 0 Å². The molecule has 3 heterocycles. The van der Waals surface area contributed by atoms with E-state index in [9.17, 15) is 10.1 Å². The van der Waals surface area contributed by atoms with Crippen LogP contribution in [0.5, 0.6) is 0 Å². The summed E-state index contributed by atoms with van der Waals surface area (Å²) in [6.45, 7) is 3.15. The van der Waals surface area contributed by atoms with Crippen molar-refractivity contribution in [1.29, 1.82) is 5.26 Å². The summed E-state index contributed by atoms with van der Waals surface area (Å²) < 4.78 is 6.14. The van der Waals surface area contributed by atoms with Gasteiger partial charge in [-0.1, -0.05) is 0 Å². The van der Waals surface area contributed by atoms with Crippen LogP contribution in [0.3, 0.4) is 0 Å². The molecule has 6 nitrogen and oxygen atoms in total. The molecule has 2 saturated heterocycles. The summed E-state index contributed by atoms with van der Waals surface area (Å²) in [7, 11) is 0. The number of nitrogens with zero attached hydrogens (tertiary/aromatic N) is 3. The maximum atomic E-state index is 12.2. The number of aromatic nitrogens is 1. The lowest BCUT2D eigenvalue weighted by Crippen LogP contribution is -2.41. The Hall–Kier alpha value is -1.65. The van der Waals surface area contributed by atoms with Crippen LogP contribution < -0.4 is 10.2 Å². The van der Waals surface area contributed by atoms with Gasteiger partial charge in [-0.15, -0.1) is 0 Å². The van der Waals surface area contributed by atoms with Crippen molar-refractivity contribution in [2.24, 2.45) is 5.92 Å². The molecule has 2 fully saturated rings. The maximum absolute atomic E-state index is 12.2. The Morgan fingerprint density at radius 3 is 2.76 bits per heavy atom. The molecule has 25 heavy (non-hydrogen) atoms. The number of anilines is 1. The zero-order chi connectivity index (χ0) is 17.6. The summed E-state index contributed by atoms with van der Waals surface area (Å²) >= 11 is 3.35. The molecule has 0 unspecified atom stereocenters. The van der Waals surface area contributed by atoms with Gasteiger partial charge in [0.05, 0.1) is 5.56 Å². The molecule has 3 rings (SSSR count). The van der Waals surface area contributed by atoms with Crippen molar-refractivity contribution in [1.82, 2.24) is 10.3 Å². The first kappa shape index (κ1) is 18.2. The molecular weight excluding hydrogens is 384 g/mol. The number of carbonyl (C=O) groups is 1. The number of carbonyl (C=O) groups excluding carboxylic acids is 1. The van der Waals surface area contributed by atoms with Gasteiger partial charge in [0, 0.05) is 49.4 Å². The van der Waals surface area contributed by atoms with E-state index in [1.807, 2.05) is 0 Å². The average Bonchev–Trinajstić information content (AvgIpc) is 2.63. The molecule has 0 aliphatic carbocycles. The summed E-state index contributed by atoms with van der Waals surface area (Å²) in [6, 6.07) is 4.29. The summed E-state index contributed by atoms with van der Waals surface area (Å²) in [5.74, 6) is 1.30. The van der Waals surface area contributed by atoms with Crippen LogP contribution in [-0.2, 0) is 9.53 Å². The van der Waals surface area contributed by atoms with Crippen LogP contribution in [0.15, 0.2) is 16.7 Å². The Balaban J connectivity index is 1.48. The first-order valence-corrected chi connectivity index (χ1v) is 9.62. The van der Waals surface area contributed by atoms with E-state index in [0.717, 1.165) is 62.3 Å². The Morgan fingerprint density at radius 1 is 1.36 bits per heavy atom. The van der Waals surface area contributed by atoms with Crippen molar-refractivity contribution in [2.45, 2.75) is 38.1 Å². The molecular formula is C18H23BrN4O2. The fourth-order valence-electron chi connectivity index (χ4n) is 3.51. The molecule has 1 aromatic rings. The summed E-state index contributed by atoms with van der Waals surface area (Å²) in [5.41, 5.74) is 0.588. The van der Waals surface area contributed by atoms with Crippen LogP contribution in [0.2, 0.25) is 0 Å². The highest BCUT2D eigenvalue weighted by Gasteiger charge is 2.25. The number of halogens is 1. The van der Waals surface area contributed by atoms with Gasteiger partial charge in [-0.3, -0.25) is 4.79 Å². The fourth-order valence-corrected chi connectivity index (χ4v) is 3.84. The molecule has 0 radical (unpaired) electrons. The summed E-state index contributed by atoms with van der Waals surface area (Å²) in [4.78, 5) is 18.8. The zero-order valence-corrected chi connectivity index (χ0v) is 15.8.